The predicted octanol–water partition coefficient (Wildman–Crippen LogP) is 2.75. The quantitative estimate of drug-likeness (QED) is 0.609. The van der Waals surface area contributed by atoms with Crippen molar-refractivity contribution in [3.05, 3.63) is 72.2 Å². The van der Waals surface area contributed by atoms with Crippen molar-refractivity contribution in [1.82, 2.24) is 19.9 Å². The van der Waals surface area contributed by atoms with Gasteiger partial charge in [-0.25, -0.2) is 4.52 Å². The molecular formula is C17H14N4O. The molecule has 0 aliphatic carbocycles. The molecule has 0 fully saturated rings. The van der Waals surface area contributed by atoms with Gasteiger partial charge in [-0.1, -0.05) is 24.3 Å². The highest BCUT2D eigenvalue weighted by Gasteiger charge is 2.10. The van der Waals surface area contributed by atoms with Crippen LogP contribution in [0.3, 0.4) is 0 Å². The fraction of sp³-hybridized carbons (Fsp3) is 0.0588. The van der Waals surface area contributed by atoms with E-state index in [0.29, 0.717) is 12.2 Å². The van der Waals surface area contributed by atoms with Crippen LogP contribution in [0.2, 0.25) is 0 Å². The Bertz CT molecular complexity index is 934. The average Bonchev–Trinajstić information content (AvgIpc) is 3.16. The highest BCUT2D eigenvalue weighted by Crippen LogP contribution is 2.15. The molecule has 0 radical (unpaired) electrons. The molecule has 4 aromatic rings. The van der Waals surface area contributed by atoms with Gasteiger partial charge in [0.25, 0.3) is 5.91 Å². The smallest absolute Gasteiger partial charge is 0.267 e. The van der Waals surface area contributed by atoms with Gasteiger partial charge in [0.1, 0.15) is 5.69 Å². The monoisotopic (exact) mass is 290 g/mol. The molecule has 3 heterocycles. The minimum atomic E-state index is -0.119. The Kier molecular flexibility index (Phi) is 2.89. The summed E-state index contributed by atoms with van der Waals surface area (Å²) >= 11 is 0. The molecule has 0 aliphatic heterocycles. The van der Waals surface area contributed by atoms with Crippen LogP contribution in [0.4, 0.5) is 0 Å². The third kappa shape index (κ3) is 2.13. The lowest BCUT2D eigenvalue weighted by atomic mass is 10.2. The van der Waals surface area contributed by atoms with Gasteiger partial charge in [-0.15, -0.1) is 0 Å². The first-order chi connectivity index (χ1) is 10.8. The molecule has 0 unspecified atom stereocenters. The lowest BCUT2D eigenvalue weighted by Gasteiger charge is -2.02. The van der Waals surface area contributed by atoms with Crippen LogP contribution in [0.25, 0.3) is 16.4 Å². The number of amides is 1. The van der Waals surface area contributed by atoms with Crippen molar-refractivity contribution >= 4 is 22.3 Å². The summed E-state index contributed by atoms with van der Waals surface area (Å²) in [4.78, 5) is 15.4. The van der Waals surface area contributed by atoms with Crippen molar-refractivity contribution in [3.63, 3.8) is 0 Å². The summed E-state index contributed by atoms with van der Waals surface area (Å²) < 4.78 is 1.80. The van der Waals surface area contributed by atoms with E-state index < -0.39 is 0 Å². The predicted molar refractivity (Wildman–Crippen MR) is 84.7 cm³/mol. The first-order valence-corrected chi connectivity index (χ1v) is 7.08. The number of para-hydroxylation sites is 1. The minimum Gasteiger partial charge on any atom is -0.351 e. The van der Waals surface area contributed by atoms with Gasteiger partial charge in [-0.3, -0.25) is 4.79 Å². The molecule has 0 saturated carbocycles. The van der Waals surface area contributed by atoms with Crippen molar-refractivity contribution in [2.24, 2.45) is 0 Å². The summed E-state index contributed by atoms with van der Waals surface area (Å²) in [5, 5.41) is 8.22. The molecule has 5 heteroatoms. The topological polar surface area (TPSA) is 62.2 Å². The first-order valence-electron chi connectivity index (χ1n) is 7.08. The maximum absolute atomic E-state index is 12.3. The molecule has 5 nitrogen and oxygen atoms in total. The molecule has 108 valence electrons. The van der Waals surface area contributed by atoms with E-state index in [4.69, 9.17) is 0 Å². The second-order valence-electron chi connectivity index (χ2n) is 5.15. The zero-order valence-corrected chi connectivity index (χ0v) is 11.8. The van der Waals surface area contributed by atoms with Gasteiger partial charge in [-0.2, -0.15) is 5.10 Å². The van der Waals surface area contributed by atoms with Gasteiger partial charge in [0, 0.05) is 29.2 Å². The second-order valence-corrected chi connectivity index (χ2v) is 5.15. The van der Waals surface area contributed by atoms with Gasteiger partial charge >= 0.3 is 0 Å². The number of hydrogen-bond acceptors (Lipinski definition) is 2. The number of benzene rings is 1. The minimum absolute atomic E-state index is 0.119. The molecule has 1 aromatic carbocycles. The lowest BCUT2D eigenvalue weighted by Crippen LogP contribution is -2.22. The van der Waals surface area contributed by atoms with E-state index in [1.807, 2.05) is 54.7 Å². The Hall–Kier alpha value is -3.08. The van der Waals surface area contributed by atoms with E-state index in [0.717, 1.165) is 22.0 Å². The summed E-state index contributed by atoms with van der Waals surface area (Å²) in [6.07, 6.45) is 3.67. The molecule has 0 saturated heterocycles. The van der Waals surface area contributed by atoms with E-state index in [9.17, 15) is 4.79 Å². The average molecular weight is 290 g/mol. The zero-order valence-electron chi connectivity index (χ0n) is 11.8. The van der Waals surface area contributed by atoms with E-state index in [1.165, 1.54) is 0 Å². The van der Waals surface area contributed by atoms with E-state index in [-0.39, 0.29) is 5.91 Å². The highest BCUT2D eigenvalue weighted by atomic mass is 16.1. The molecule has 3 aromatic heterocycles. The molecule has 1 amide bonds. The first kappa shape index (κ1) is 12.6. The number of rotatable bonds is 3. The lowest BCUT2D eigenvalue weighted by molar-refractivity contribution is 0.0947. The van der Waals surface area contributed by atoms with Crippen LogP contribution in [0.5, 0.6) is 0 Å². The number of nitrogens with one attached hydrogen (secondary N) is 2. The van der Waals surface area contributed by atoms with Crippen molar-refractivity contribution in [2.45, 2.75) is 6.54 Å². The maximum Gasteiger partial charge on any atom is 0.267 e. The van der Waals surface area contributed by atoms with Gasteiger partial charge < -0.3 is 10.3 Å². The van der Waals surface area contributed by atoms with Crippen LogP contribution in [0.1, 0.15) is 16.1 Å². The van der Waals surface area contributed by atoms with Gasteiger partial charge in [-0.05, 0) is 24.3 Å². The molecule has 22 heavy (non-hydrogen) atoms. The Morgan fingerprint density at radius 1 is 1.18 bits per heavy atom. The van der Waals surface area contributed by atoms with Crippen LogP contribution >= 0.6 is 0 Å². The summed E-state index contributed by atoms with van der Waals surface area (Å²) in [5.41, 5.74) is 3.52. The summed E-state index contributed by atoms with van der Waals surface area (Å²) in [6, 6.07) is 15.6. The van der Waals surface area contributed by atoms with Crippen LogP contribution in [0.15, 0.2) is 60.9 Å². The van der Waals surface area contributed by atoms with Crippen LogP contribution in [-0.4, -0.2) is 20.5 Å². The fourth-order valence-electron chi connectivity index (χ4n) is 2.59. The maximum atomic E-state index is 12.3. The normalized spacial score (nSPS) is 11.1. The Labute approximate surface area is 126 Å². The molecule has 0 aliphatic rings. The molecule has 2 N–H and O–H groups in total. The SMILES string of the molecule is O=C(NCc1cnn2ccccc12)c1cc2ccccc2[nH]1. The number of nitrogens with zero attached hydrogens (tertiary/aromatic N) is 2. The Morgan fingerprint density at radius 3 is 2.95 bits per heavy atom. The van der Waals surface area contributed by atoms with Crippen LogP contribution in [0, 0.1) is 0 Å². The van der Waals surface area contributed by atoms with E-state index in [1.54, 1.807) is 10.7 Å². The van der Waals surface area contributed by atoms with Gasteiger partial charge in [0.05, 0.1) is 11.7 Å². The van der Waals surface area contributed by atoms with Crippen molar-refractivity contribution in [3.8, 4) is 0 Å². The Balaban J connectivity index is 1.54. The van der Waals surface area contributed by atoms with Gasteiger partial charge in [0.15, 0.2) is 0 Å². The fourth-order valence-corrected chi connectivity index (χ4v) is 2.59. The highest BCUT2D eigenvalue weighted by molar-refractivity contribution is 5.98. The molecule has 0 atom stereocenters. The number of hydrogen-bond donors (Lipinski definition) is 2. The zero-order chi connectivity index (χ0) is 14.9. The summed E-state index contributed by atoms with van der Waals surface area (Å²) in [6.45, 7) is 0.446. The number of H-pyrrole nitrogens is 1. The molecular weight excluding hydrogens is 276 g/mol. The molecule has 0 spiro atoms. The number of fused-ring (bicyclic) bond motifs is 2. The number of aromatic amines is 1. The van der Waals surface area contributed by atoms with E-state index in [2.05, 4.69) is 15.4 Å². The van der Waals surface area contributed by atoms with Crippen molar-refractivity contribution in [1.29, 1.82) is 0 Å². The molecule has 4 rings (SSSR count). The number of aromatic nitrogens is 3. The van der Waals surface area contributed by atoms with Crippen molar-refractivity contribution < 1.29 is 4.79 Å². The third-order valence-electron chi connectivity index (χ3n) is 3.72. The summed E-state index contributed by atoms with van der Waals surface area (Å²) in [5.74, 6) is -0.119. The van der Waals surface area contributed by atoms with Crippen molar-refractivity contribution in [2.75, 3.05) is 0 Å². The van der Waals surface area contributed by atoms with Crippen LogP contribution < -0.4 is 5.32 Å². The second kappa shape index (κ2) is 5.04. The van der Waals surface area contributed by atoms with E-state index >= 15 is 0 Å². The third-order valence-corrected chi connectivity index (χ3v) is 3.72. The number of carbonyl (C=O) groups is 1. The number of pyridine rings is 1. The standard InChI is InChI=1S/C17H14N4O/c22-17(15-9-12-5-1-2-6-14(12)20-15)18-10-13-11-19-21-8-4-3-7-16(13)21/h1-9,11,20H,10H2,(H,18,22). The number of carbonyl (C=O) groups excluding carboxylic acids is 1. The Morgan fingerprint density at radius 2 is 2.05 bits per heavy atom. The largest absolute Gasteiger partial charge is 0.351 e. The van der Waals surface area contributed by atoms with Crippen LogP contribution in [-0.2, 0) is 6.54 Å². The van der Waals surface area contributed by atoms with Gasteiger partial charge in [0.2, 0.25) is 0 Å². The summed E-state index contributed by atoms with van der Waals surface area (Å²) in [7, 11) is 0. The molecule has 0 bridgehead atoms.